The Balaban J connectivity index is 1.97. The minimum Gasteiger partial charge on any atom is -0.463 e. The van der Waals surface area contributed by atoms with Crippen LogP contribution in [-0.4, -0.2) is 25.0 Å². The lowest BCUT2D eigenvalue weighted by Gasteiger charge is -2.12. The summed E-state index contributed by atoms with van der Waals surface area (Å²) in [7, 11) is -3.77. The van der Waals surface area contributed by atoms with Crippen LogP contribution < -0.4 is 0 Å². The van der Waals surface area contributed by atoms with Crippen LogP contribution in [0.1, 0.15) is 36.6 Å². The number of hydrogen-bond donors (Lipinski definition) is 0. The highest BCUT2D eigenvalue weighted by atomic mass is 32.2. The van der Waals surface area contributed by atoms with E-state index in [9.17, 15) is 13.2 Å². The number of carbonyl (C=O) groups excluding carboxylic acids is 1. The Bertz CT molecular complexity index is 1220. The number of para-hydroxylation sites is 1. The van der Waals surface area contributed by atoms with E-state index in [4.69, 9.17) is 4.74 Å². The third-order valence-corrected chi connectivity index (χ3v) is 7.01. The molecule has 0 saturated carbocycles. The molecule has 29 heavy (non-hydrogen) atoms. The zero-order valence-electron chi connectivity index (χ0n) is 16.5. The van der Waals surface area contributed by atoms with E-state index in [2.05, 4.69) is 0 Å². The summed E-state index contributed by atoms with van der Waals surface area (Å²) in [6.07, 6.45) is 3.61. The van der Waals surface area contributed by atoms with E-state index >= 15 is 0 Å². The molecule has 0 bridgehead atoms. The van der Waals surface area contributed by atoms with E-state index in [-0.39, 0.29) is 10.9 Å². The minimum absolute atomic E-state index is 0.255. The predicted octanol–water partition coefficient (Wildman–Crippen LogP) is 4.47. The maximum atomic E-state index is 13.6. The summed E-state index contributed by atoms with van der Waals surface area (Å²) in [5.41, 5.74) is 3.71. The molecule has 0 fully saturated rings. The number of esters is 1. The molecular formula is C23H23NO4S. The molecular weight excluding hydrogens is 386 g/mol. The van der Waals surface area contributed by atoms with Crippen molar-refractivity contribution in [2.24, 2.45) is 0 Å². The molecule has 0 atom stereocenters. The minimum atomic E-state index is -3.77. The summed E-state index contributed by atoms with van der Waals surface area (Å²) in [6, 6.07) is 14.3. The molecule has 0 unspecified atom stereocenters. The summed E-state index contributed by atoms with van der Waals surface area (Å²) in [4.78, 5) is 12.6. The third-order valence-electron chi connectivity index (χ3n) is 5.24. The first-order valence-electron chi connectivity index (χ1n) is 9.75. The van der Waals surface area contributed by atoms with Gasteiger partial charge >= 0.3 is 5.97 Å². The average molecular weight is 410 g/mol. The zero-order chi connectivity index (χ0) is 20.6. The molecule has 0 saturated heterocycles. The number of hydrogen-bond acceptors (Lipinski definition) is 4. The van der Waals surface area contributed by atoms with Gasteiger partial charge in [-0.2, -0.15) is 0 Å². The van der Waals surface area contributed by atoms with Crippen molar-refractivity contribution in [1.29, 1.82) is 0 Å². The number of ether oxygens (including phenoxy) is 1. The third kappa shape index (κ3) is 3.38. The lowest BCUT2D eigenvalue weighted by molar-refractivity contribution is -0.138. The molecule has 0 spiro atoms. The molecule has 1 aromatic heterocycles. The normalized spacial score (nSPS) is 14.2. The lowest BCUT2D eigenvalue weighted by atomic mass is 10.1. The van der Waals surface area contributed by atoms with Gasteiger partial charge in [-0.15, -0.1) is 0 Å². The van der Waals surface area contributed by atoms with Crippen LogP contribution in [-0.2, 0) is 26.0 Å². The number of aromatic nitrogens is 1. The van der Waals surface area contributed by atoms with Gasteiger partial charge < -0.3 is 4.74 Å². The Labute approximate surface area is 170 Å². The summed E-state index contributed by atoms with van der Waals surface area (Å²) >= 11 is 0. The van der Waals surface area contributed by atoms with E-state index in [1.165, 1.54) is 3.97 Å². The van der Waals surface area contributed by atoms with Crippen LogP contribution in [0.25, 0.3) is 17.0 Å². The van der Waals surface area contributed by atoms with Gasteiger partial charge in [0.25, 0.3) is 10.0 Å². The number of nitrogens with zero attached hydrogens (tertiary/aromatic N) is 1. The second-order valence-electron chi connectivity index (χ2n) is 7.20. The Morgan fingerprint density at radius 1 is 1.07 bits per heavy atom. The van der Waals surface area contributed by atoms with Crippen molar-refractivity contribution in [2.45, 2.75) is 38.0 Å². The molecule has 0 aliphatic heterocycles. The maximum absolute atomic E-state index is 13.6. The van der Waals surface area contributed by atoms with Gasteiger partial charge in [0.15, 0.2) is 0 Å². The van der Waals surface area contributed by atoms with E-state index in [1.807, 2.05) is 37.3 Å². The van der Waals surface area contributed by atoms with Gasteiger partial charge in [-0.25, -0.2) is 17.2 Å². The van der Waals surface area contributed by atoms with Gasteiger partial charge in [0.1, 0.15) is 0 Å². The van der Waals surface area contributed by atoms with E-state index in [1.54, 1.807) is 31.2 Å². The molecule has 1 aliphatic rings. The molecule has 1 aliphatic carbocycles. The van der Waals surface area contributed by atoms with E-state index in [0.29, 0.717) is 42.7 Å². The number of aryl methyl sites for hydroxylation is 1. The molecule has 1 heterocycles. The van der Waals surface area contributed by atoms with Crippen molar-refractivity contribution in [3.8, 4) is 0 Å². The van der Waals surface area contributed by atoms with Gasteiger partial charge in [-0.05, 0) is 57.4 Å². The number of rotatable bonds is 4. The first kappa shape index (κ1) is 19.5. The average Bonchev–Trinajstić information content (AvgIpc) is 2.86. The molecule has 5 nitrogen and oxygen atoms in total. The first-order valence-corrected chi connectivity index (χ1v) is 11.2. The fourth-order valence-corrected chi connectivity index (χ4v) is 5.44. The smallest absolute Gasteiger partial charge is 0.334 e. The van der Waals surface area contributed by atoms with Crippen molar-refractivity contribution in [3.05, 3.63) is 70.9 Å². The molecule has 3 aromatic rings. The van der Waals surface area contributed by atoms with Gasteiger partial charge in [0.05, 0.1) is 17.0 Å². The molecule has 0 radical (unpaired) electrons. The highest BCUT2D eigenvalue weighted by Gasteiger charge is 2.28. The van der Waals surface area contributed by atoms with Gasteiger partial charge in [-0.3, -0.25) is 0 Å². The van der Waals surface area contributed by atoms with Crippen LogP contribution in [0.2, 0.25) is 0 Å². The van der Waals surface area contributed by atoms with Gasteiger partial charge in [0, 0.05) is 22.2 Å². The Kier molecular flexibility index (Phi) is 5.04. The van der Waals surface area contributed by atoms with Crippen molar-refractivity contribution in [3.63, 3.8) is 0 Å². The van der Waals surface area contributed by atoms with Crippen molar-refractivity contribution < 1.29 is 17.9 Å². The van der Waals surface area contributed by atoms with E-state index in [0.717, 1.165) is 16.5 Å². The number of fused-ring (bicyclic) bond motifs is 3. The second-order valence-corrected chi connectivity index (χ2v) is 8.99. The fourth-order valence-electron chi connectivity index (χ4n) is 3.85. The van der Waals surface area contributed by atoms with Gasteiger partial charge in [0.2, 0.25) is 0 Å². The van der Waals surface area contributed by atoms with Crippen molar-refractivity contribution in [2.75, 3.05) is 6.61 Å². The predicted molar refractivity (Wildman–Crippen MR) is 113 cm³/mol. The van der Waals surface area contributed by atoms with Gasteiger partial charge in [-0.1, -0.05) is 35.9 Å². The highest BCUT2D eigenvalue weighted by Crippen LogP contribution is 2.35. The molecule has 0 N–H and O–H groups in total. The quantitative estimate of drug-likeness (QED) is 0.597. The molecule has 150 valence electrons. The standard InChI is InChI=1S/C23H23NO4S/c1-3-28-23(25)17-7-6-10-22-20(15-17)19-8-4-5-9-21(19)24(22)29(26,27)18-13-11-16(2)12-14-18/h4-5,8-9,11-15H,3,6-7,10H2,1-2H3. The molecule has 6 heteroatoms. The Hall–Kier alpha value is -2.86. The van der Waals surface area contributed by atoms with Crippen LogP contribution >= 0.6 is 0 Å². The fraction of sp³-hybridized carbons (Fsp3) is 0.261. The first-order chi connectivity index (χ1) is 13.9. The zero-order valence-corrected chi connectivity index (χ0v) is 17.3. The second kappa shape index (κ2) is 7.52. The van der Waals surface area contributed by atoms with Crippen LogP contribution in [0.3, 0.4) is 0 Å². The van der Waals surface area contributed by atoms with E-state index < -0.39 is 10.0 Å². The molecule has 0 amide bonds. The van der Waals surface area contributed by atoms with Crippen LogP contribution in [0, 0.1) is 6.92 Å². The SMILES string of the molecule is CCOC(=O)C1=Cc2c(n(S(=O)(=O)c3ccc(C)cc3)c3ccccc23)CCC1. The maximum Gasteiger partial charge on any atom is 0.334 e. The summed E-state index contributed by atoms with van der Waals surface area (Å²) < 4.78 is 33.8. The Morgan fingerprint density at radius 3 is 2.52 bits per heavy atom. The monoisotopic (exact) mass is 409 g/mol. The molecule has 4 rings (SSSR count). The number of benzene rings is 2. The lowest BCUT2D eigenvalue weighted by Crippen LogP contribution is -2.16. The molecule has 2 aromatic carbocycles. The largest absolute Gasteiger partial charge is 0.463 e. The van der Waals surface area contributed by atoms with Crippen molar-refractivity contribution in [1.82, 2.24) is 3.97 Å². The van der Waals surface area contributed by atoms with Crippen LogP contribution in [0.15, 0.2) is 59.0 Å². The highest BCUT2D eigenvalue weighted by molar-refractivity contribution is 7.90. The summed E-state index contributed by atoms with van der Waals surface area (Å²) in [6.45, 7) is 4.02. The van der Waals surface area contributed by atoms with Crippen molar-refractivity contribution >= 4 is 33.0 Å². The Morgan fingerprint density at radius 2 is 1.79 bits per heavy atom. The van der Waals surface area contributed by atoms with Crippen LogP contribution in [0.5, 0.6) is 0 Å². The topological polar surface area (TPSA) is 65.4 Å². The van der Waals surface area contributed by atoms with Crippen LogP contribution in [0.4, 0.5) is 0 Å². The summed E-state index contributed by atoms with van der Waals surface area (Å²) in [5.74, 6) is -0.335. The number of carbonyl (C=O) groups is 1. The summed E-state index contributed by atoms with van der Waals surface area (Å²) in [5, 5.41) is 0.821.